The lowest BCUT2D eigenvalue weighted by Gasteiger charge is -2.57. The minimum atomic E-state index is 0.0617. The molecule has 0 saturated heterocycles. The molecule has 4 rings (SSSR count). The van der Waals surface area contributed by atoms with Gasteiger partial charge in [0.15, 0.2) is 0 Å². The molecule has 2 saturated carbocycles. The van der Waals surface area contributed by atoms with Crippen LogP contribution in [0.2, 0.25) is 0 Å². The lowest BCUT2D eigenvalue weighted by atomic mass is 9.60. The molecule has 25 heavy (non-hydrogen) atoms. The lowest BCUT2D eigenvalue weighted by Crippen LogP contribution is -2.64. The maximum absolute atomic E-state index is 13.2. The summed E-state index contributed by atoms with van der Waals surface area (Å²) in [6, 6.07) is 3.92. The zero-order valence-corrected chi connectivity index (χ0v) is 14.9. The molecule has 0 aromatic carbocycles. The summed E-state index contributed by atoms with van der Waals surface area (Å²) in [6.45, 7) is 2.80. The van der Waals surface area contributed by atoms with E-state index in [4.69, 9.17) is 4.74 Å². The quantitative estimate of drug-likeness (QED) is 0.856. The molecule has 2 aliphatic rings. The van der Waals surface area contributed by atoms with Gasteiger partial charge in [0.25, 0.3) is 5.91 Å². The molecule has 2 heterocycles. The fourth-order valence-corrected chi connectivity index (χ4v) is 4.90. The number of carbonyl (C=O) groups excluding carboxylic acids is 1. The second-order valence-electron chi connectivity index (χ2n) is 7.30. The smallest absolute Gasteiger partial charge is 0.254 e. The van der Waals surface area contributed by atoms with E-state index in [1.54, 1.807) is 18.6 Å². The zero-order chi connectivity index (χ0) is 17.4. The van der Waals surface area contributed by atoms with E-state index in [9.17, 15) is 4.79 Å². The first-order valence-electron chi connectivity index (χ1n) is 9.25. The molecule has 0 aliphatic heterocycles. The summed E-state index contributed by atoms with van der Waals surface area (Å²) in [7, 11) is 1.94. The molecular formula is C20H25N3O2. The third kappa shape index (κ3) is 2.53. The molecule has 2 fully saturated rings. The molecule has 1 amide bonds. The molecule has 0 N–H and O–H groups in total. The van der Waals surface area contributed by atoms with Crippen molar-refractivity contribution in [1.29, 1.82) is 0 Å². The topological polar surface area (TPSA) is 55.3 Å². The Labute approximate surface area is 148 Å². The number of pyridine rings is 2. The van der Waals surface area contributed by atoms with Crippen LogP contribution in [-0.4, -0.2) is 46.6 Å². The van der Waals surface area contributed by atoms with Gasteiger partial charge in [-0.15, -0.1) is 0 Å². The van der Waals surface area contributed by atoms with Gasteiger partial charge in [-0.1, -0.05) is 12.8 Å². The van der Waals surface area contributed by atoms with Gasteiger partial charge in [-0.3, -0.25) is 14.8 Å². The summed E-state index contributed by atoms with van der Waals surface area (Å²) < 4.78 is 5.99. The molecule has 2 aromatic heterocycles. The van der Waals surface area contributed by atoms with E-state index in [-0.39, 0.29) is 17.4 Å². The number of hydrogen-bond acceptors (Lipinski definition) is 4. The second-order valence-corrected chi connectivity index (χ2v) is 7.30. The Balaban J connectivity index is 1.62. The van der Waals surface area contributed by atoms with Crippen LogP contribution in [0.5, 0.6) is 0 Å². The number of carbonyl (C=O) groups is 1. The highest BCUT2D eigenvalue weighted by atomic mass is 16.5. The van der Waals surface area contributed by atoms with E-state index in [0.717, 1.165) is 23.9 Å². The van der Waals surface area contributed by atoms with Crippen LogP contribution in [-0.2, 0) is 4.74 Å². The fourth-order valence-electron chi connectivity index (χ4n) is 4.90. The molecule has 2 aliphatic carbocycles. The molecule has 5 heteroatoms. The maximum atomic E-state index is 13.2. The zero-order valence-electron chi connectivity index (χ0n) is 14.9. The van der Waals surface area contributed by atoms with Gasteiger partial charge in [-0.2, -0.15) is 0 Å². The van der Waals surface area contributed by atoms with Crippen LogP contribution < -0.4 is 0 Å². The van der Waals surface area contributed by atoms with Crippen molar-refractivity contribution in [1.82, 2.24) is 14.9 Å². The number of nitrogens with zero attached hydrogens (tertiary/aromatic N) is 3. The lowest BCUT2D eigenvalue weighted by molar-refractivity contribution is -0.152. The van der Waals surface area contributed by atoms with Crippen LogP contribution in [0.15, 0.2) is 30.7 Å². The van der Waals surface area contributed by atoms with Crippen molar-refractivity contribution in [3.63, 3.8) is 0 Å². The van der Waals surface area contributed by atoms with Gasteiger partial charge >= 0.3 is 0 Å². The average molecular weight is 339 g/mol. The Kier molecular flexibility index (Phi) is 4.20. The highest BCUT2D eigenvalue weighted by Crippen LogP contribution is 2.56. The normalized spacial score (nSPS) is 24.4. The number of hydrogen-bond donors (Lipinski definition) is 0. The largest absolute Gasteiger partial charge is 0.378 e. The summed E-state index contributed by atoms with van der Waals surface area (Å²) >= 11 is 0. The van der Waals surface area contributed by atoms with Gasteiger partial charge in [0.2, 0.25) is 0 Å². The molecule has 0 unspecified atom stereocenters. The molecule has 2 aromatic rings. The van der Waals surface area contributed by atoms with E-state index in [0.29, 0.717) is 11.7 Å². The van der Waals surface area contributed by atoms with Gasteiger partial charge in [0, 0.05) is 49.1 Å². The first-order valence-corrected chi connectivity index (χ1v) is 9.25. The second kappa shape index (κ2) is 6.37. The van der Waals surface area contributed by atoms with Crippen LogP contribution in [0.3, 0.4) is 0 Å². The van der Waals surface area contributed by atoms with Crippen molar-refractivity contribution in [3.8, 4) is 0 Å². The van der Waals surface area contributed by atoms with Crippen molar-refractivity contribution < 1.29 is 9.53 Å². The highest BCUT2D eigenvalue weighted by Gasteiger charge is 2.58. The van der Waals surface area contributed by atoms with E-state index in [1.807, 2.05) is 24.1 Å². The third-order valence-corrected chi connectivity index (χ3v) is 6.21. The van der Waals surface area contributed by atoms with Crippen LogP contribution in [0.1, 0.15) is 49.4 Å². The number of fused-ring (bicyclic) bond motifs is 1. The Hall–Kier alpha value is -2.01. The Bertz CT molecular complexity index is 780. The summed E-state index contributed by atoms with van der Waals surface area (Å²) in [5, 5.41) is 0.822. The molecule has 5 nitrogen and oxygen atoms in total. The van der Waals surface area contributed by atoms with Crippen molar-refractivity contribution in [3.05, 3.63) is 36.3 Å². The van der Waals surface area contributed by atoms with Crippen molar-refractivity contribution in [2.45, 2.75) is 51.2 Å². The first kappa shape index (κ1) is 16.5. The highest BCUT2D eigenvalue weighted by molar-refractivity contribution is 6.05. The van der Waals surface area contributed by atoms with E-state index in [1.165, 1.54) is 25.7 Å². The minimum Gasteiger partial charge on any atom is -0.378 e. The average Bonchev–Trinajstić information content (AvgIpc) is 3.16. The number of rotatable bonds is 4. The Morgan fingerprint density at radius 3 is 2.88 bits per heavy atom. The summed E-state index contributed by atoms with van der Waals surface area (Å²) in [5.41, 5.74) is 1.65. The molecule has 0 radical (unpaired) electrons. The van der Waals surface area contributed by atoms with E-state index >= 15 is 0 Å². The van der Waals surface area contributed by atoms with Crippen LogP contribution >= 0.6 is 0 Å². The first-order chi connectivity index (χ1) is 12.2. The molecule has 1 spiro atoms. The number of amides is 1. The molecular weight excluding hydrogens is 314 g/mol. The standard InChI is InChI=1S/C20H25N3O2/c1-3-25-18-12-17(20(18)8-4-5-9-20)23(2)19(24)14-6-11-22-16-7-10-21-13-15(14)16/h6-7,10-11,13,17-18H,3-5,8-9,12H2,1-2H3/t17-,18+/m1/s1. The van der Waals surface area contributed by atoms with Gasteiger partial charge in [0.1, 0.15) is 0 Å². The molecule has 2 atom stereocenters. The monoisotopic (exact) mass is 339 g/mol. The summed E-state index contributed by atoms with van der Waals surface area (Å²) in [5.74, 6) is 0.0617. The van der Waals surface area contributed by atoms with Crippen LogP contribution in [0.4, 0.5) is 0 Å². The van der Waals surface area contributed by atoms with Crippen molar-refractivity contribution in [2.75, 3.05) is 13.7 Å². The van der Waals surface area contributed by atoms with Crippen LogP contribution in [0, 0.1) is 5.41 Å². The summed E-state index contributed by atoms with van der Waals surface area (Å²) in [6.07, 6.45) is 11.2. The van der Waals surface area contributed by atoms with Crippen molar-refractivity contribution in [2.24, 2.45) is 5.41 Å². The van der Waals surface area contributed by atoms with Gasteiger partial charge in [0.05, 0.1) is 17.2 Å². The van der Waals surface area contributed by atoms with Gasteiger partial charge in [-0.25, -0.2) is 0 Å². The van der Waals surface area contributed by atoms with Gasteiger partial charge < -0.3 is 9.64 Å². The fraction of sp³-hybridized carbons (Fsp3) is 0.550. The van der Waals surface area contributed by atoms with Crippen LogP contribution in [0.25, 0.3) is 10.9 Å². The summed E-state index contributed by atoms with van der Waals surface area (Å²) in [4.78, 5) is 23.7. The molecule has 0 bridgehead atoms. The number of aromatic nitrogens is 2. The third-order valence-electron chi connectivity index (χ3n) is 6.21. The minimum absolute atomic E-state index is 0.0617. The Morgan fingerprint density at radius 2 is 2.12 bits per heavy atom. The maximum Gasteiger partial charge on any atom is 0.254 e. The number of ether oxygens (including phenoxy) is 1. The SMILES string of the molecule is CCO[C@H]1C[C@@H](N(C)C(=O)c2ccnc3ccncc23)C12CCCC2. The predicted molar refractivity (Wildman–Crippen MR) is 96.4 cm³/mol. The van der Waals surface area contributed by atoms with Gasteiger partial charge in [-0.05, 0) is 38.3 Å². The Morgan fingerprint density at radius 1 is 1.32 bits per heavy atom. The van der Waals surface area contributed by atoms with E-state index in [2.05, 4.69) is 16.9 Å². The van der Waals surface area contributed by atoms with E-state index < -0.39 is 0 Å². The molecule has 132 valence electrons. The predicted octanol–water partition coefficient (Wildman–Crippen LogP) is 3.44. The van der Waals surface area contributed by atoms with Crippen molar-refractivity contribution >= 4 is 16.8 Å².